The van der Waals surface area contributed by atoms with Crippen LogP contribution < -0.4 is 10.7 Å². The lowest BCUT2D eigenvalue weighted by atomic mass is 9.93. The van der Waals surface area contributed by atoms with Crippen LogP contribution in [0.1, 0.15) is 13.8 Å². The average molecular weight is 172 g/mol. The topological polar surface area (TPSA) is 25.2 Å². The Morgan fingerprint density at radius 3 is 3.00 bits per heavy atom. The number of fused-ring (bicyclic) bond motifs is 1. The van der Waals surface area contributed by atoms with Crippen molar-refractivity contribution in [2.75, 3.05) is 0 Å². The maximum atomic E-state index is 4.31. The van der Waals surface area contributed by atoms with Crippen molar-refractivity contribution in [1.82, 2.24) is 4.98 Å². The second-order valence-electron chi connectivity index (χ2n) is 3.82. The van der Waals surface area contributed by atoms with Crippen LogP contribution in [0.4, 0.5) is 0 Å². The van der Waals surface area contributed by atoms with Gasteiger partial charge in [-0.05, 0) is 18.2 Å². The molecule has 1 aliphatic rings. The lowest BCUT2D eigenvalue weighted by molar-refractivity contribution is 0.668. The Hall–Kier alpha value is -1.44. The molecule has 0 fully saturated rings. The van der Waals surface area contributed by atoms with Gasteiger partial charge in [0, 0.05) is 17.8 Å². The zero-order valence-corrected chi connectivity index (χ0v) is 7.86. The normalized spacial score (nSPS) is 18.0. The number of pyridine rings is 1. The lowest BCUT2D eigenvalue weighted by Crippen LogP contribution is -2.28. The van der Waals surface area contributed by atoms with Crippen molar-refractivity contribution < 1.29 is 0 Å². The fraction of sp³-hybridized carbons (Fsp3) is 0.273. The summed E-state index contributed by atoms with van der Waals surface area (Å²) >= 11 is 0. The van der Waals surface area contributed by atoms with E-state index in [2.05, 4.69) is 36.0 Å². The van der Waals surface area contributed by atoms with Gasteiger partial charge in [-0.1, -0.05) is 19.9 Å². The maximum Gasteiger partial charge on any atom is 0.0883 e. The number of rotatable bonds is 0. The molecule has 2 heterocycles. The molecular weight excluding hydrogens is 160 g/mol. The molecule has 0 N–H and O–H groups in total. The average Bonchev–Trinajstić information content (AvgIpc) is 2.21. The first-order valence-corrected chi connectivity index (χ1v) is 4.37. The van der Waals surface area contributed by atoms with Gasteiger partial charge in [-0.15, -0.1) is 0 Å². The van der Waals surface area contributed by atoms with Crippen molar-refractivity contribution >= 4 is 6.08 Å². The summed E-state index contributed by atoms with van der Waals surface area (Å²) in [5.74, 6) is 0. The molecule has 0 unspecified atom stereocenters. The van der Waals surface area contributed by atoms with E-state index in [1.165, 1.54) is 0 Å². The molecular formula is C11H12N2. The highest BCUT2D eigenvalue weighted by atomic mass is 14.7. The van der Waals surface area contributed by atoms with Gasteiger partial charge in [0.1, 0.15) is 0 Å². The number of hydrogen-bond acceptors (Lipinski definition) is 2. The van der Waals surface area contributed by atoms with Gasteiger partial charge in [0.15, 0.2) is 0 Å². The molecule has 0 saturated heterocycles. The Balaban J connectivity index is 2.77. The maximum absolute atomic E-state index is 4.31. The van der Waals surface area contributed by atoms with E-state index in [0.717, 1.165) is 10.7 Å². The van der Waals surface area contributed by atoms with E-state index in [-0.39, 0.29) is 5.41 Å². The first-order chi connectivity index (χ1) is 6.17. The van der Waals surface area contributed by atoms with Gasteiger partial charge >= 0.3 is 0 Å². The molecule has 1 aliphatic heterocycles. The molecule has 2 rings (SSSR count). The van der Waals surface area contributed by atoms with E-state index in [0.29, 0.717) is 0 Å². The van der Waals surface area contributed by atoms with Gasteiger partial charge < -0.3 is 0 Å². The Morgan fingerprint density at radius 2 is 2.15 bits per heavy atom. The highest BCUT2D eigenvalue weighted by Gasteiger charge is 2.10. The van der Waals surface area contributed by atoms with Gasteiger partial charge in [0.05, 0.1) is 10.7 Å². The smallest absolute Gasteiger partial charge is 0.0883 e. The van der Waals surface area contributed by atoms with E-state index in [1.54, 1.807) is 6.20 Å². The molecule has 2 heteroatoms. The number of nitrogens with zero attached hydrogens (tertiary/aromatic N) is 2. The van der Waals surface area contributed by atoms with E-state index in [1.807, 2.05) is 18.3 Å². The molecule has 66 valence electrons. The number of hydrogen-bond donors (Lipinski definition) is 0. The number of aromatic nitrogens is 1. The summed E-state index contributed by atoms with van der Waals surface area (Å²) < 4.78 is 0. The molecule has 0 spiro atoms. The SMILES string of the molecule is CC1(C)C=CN=c2cccnc2=C1. The van der Waals surface area contributed by atoms with E-state index in [9.17, 15) is 0 Å². The van der Waals surface area contributed by atoms with E-state index >= 15 is 0 Å². The van der Waals surface area contributed by atoms with Crippen LogP contribution in [0.25, 0.3) is 6.08 Å². The van der Waals surface area contributed by atoms with Gasteiger partial charge in [0.25, 0.3) is 0 Å². The molecule has 0 aromatic carbocycles. The second-order valence-corrected chi connectivity index (χ2v) is 3.82. The third-order valence-corrected chi connectivity index (χ3v) is 2.04. The number of allylic oxidation sites excluding steroid dienone is 1. The summed E-state index contributed by atoms with van der Waals surface area (Å²) in [6, 6.07) is 3.88. The Morgan fingerprint density at radius 1 is 1.31 bits per heavy atom. The van der Waals surface area contributed by atoms with Crippen molar-refractivity contribution in [2.24, 2.45) is 10.4 Å². The quantitative estimate of drug-likeness (QED) is 0.574. The minimum atomic E-state index is 0.0447. The summed E-state index contributed by atoms with van der Waals surface area (Å²) in [5.41, 5.74) is 0.0447. The van der Waals surface area contributed by atoms with Crippen LogP contribution in [0, 0.1) is 5.41 Å². The van der Waals surface area contributed by atoms with Crippen LogP contribution in [0.5, 0.6) is 0 Å². The summed E-state index contributed by atoms with van der Waals surface area (Å²) in [6.07, 6.45) is 7.86. The van der Waals surface area contributed by atoms with Gasteiger partial charge in [-0.2, -0.15) is 0 Å². The Bertz CT molecular complexity index is 455. The summed E-state index contributed by atoms with van der Waals surface area (Å²) in [6.45, 7) is 4.28. The van der Waals surface area contributed by atoms with Crippen LogP contribution >= 0.6 is 0 Å². The lowest BCUT2D eigenvalue weighted by Gasteiger charge is -2.11. The predicted molar refractivity (Wildman–Crippen MR) is 52.4 cm³/mol. The van der Waals surface area contributed by atoms with Crippen LogP contribution in [-0.2, 0) is 0 Å². The fourth-order valence-corrected chi connectivity index (χ4v) is 1.34. The van der Waals surface area contributed by atoms with Crippen molar-refractivity contribution in [3.63, 3.8) is 0 Å². The standard InChI is InChI=1S/C11H12N2/c1-11(2)5-7-13-9-4-3-6-12-10(9)8-11/h3-8H,1-2H3. The third-order valence-electron chi connectivity index (χ3n) is 2.04. The van der Waals surface area contributed by atoms with Crippen molar-refractivity contribution in [2.45, 2.75) is 13.8 Å². The third kappa shape index (κ3) is 1.66. The molecule has 0 saturated carbocycles. The van der Waals surface area contributed by atoms with E-state index < -0.39 is 0 Å². The van der Waals surface area contributed by atoms with Crippen LogP contribution in [0.3, 0.4) is 0 Å². The minimum absolute atomic E-state index is 0.0447. The monoisotopic (exact) mass is 172 g/mol. The fourth-order valence-electron chi connectivity index (χ4n) is 1.34. The summed E-state index contributed by atoms with van der Waals surface area (Å²) in [4.78, 5) is 8.59. The van der Waals surface area contributed by atoms with Crippen molar-refractivity contribution in [3.05, 3.63) is 41.3 Å². The zero-order chi connectivity index (χ0) is 9.31. The molecule has 0 bridgehead atoms. The van der Waals surface area contributed by atoms with Crippen molar-refractivity contribution in [1.29, 1.82) is 0 Å². The molecule has 1 aromatic rings. The molecule has 0 amide bonds. The first-order valence-electron chi connectivity index (χ1n) is 4.37. The molecule has 0 aliphatic carbocycles. The van der Waals surface area contributed by atoms with Crippen LogP contribution in [0.15, 0.2) is 35.6 Å². The zero-order valence-electron chi connectivity index (χ0n) is 7.86. The second kappa shape index (κ2) is 2.80. The van der Waals surface area contributed by atoms with Gasteiger partial charge in [-0.3, -0.25) is 9.98 Å². The first kappa shape index (κ1) is 8.17. The molecule has 1 aromatic heterocycles. The minimum Gasteiger partial charge on any atom is -0.255 e. The Kier molecular flexibility index (Phi) is 1.76. The molecule has 0 radical (unpaired) electrons. The van der Waals surface area contributed by atoms with Crippen molar-refractivity contribution in [3.8, 4) is 0 Å². The highest BCUT2D eigenvalue weighted by Crippen LogP contribution is 2.18. The molecule has 2 nitrogen and oxygen atoms in total. The summed E-state index contributed by atoms with van der Waals surface area (Å²) in [5, 5.41) is 1.92. The largest absolute Gasteiger partial charge is 0.255 e. The predicted octanol–water partition coefficient (Wildman–Crippen LogP) is 1.04. The van der Waals surface area contributed by atoms with Crippen LogP contribution in [0.2, 0.25) is 0 Å². The van der Waals surface area contributed by atoms with E-state index in [4.69, 9.17) is 0 Å². The highest BCUT2D eigenvalue weighted by molar-refractivity contribution is 5.34. The summed E-state index contributed by atoms with van der Waals surface area (Å²) in [7, 11) is 0. The molecule has 13 heavy (non-hydrogen) atoms. The van der Waals surface area contributed by atoms with Gasteiger partial charge in [-0.25, -0.2) is 0 Å². The Labute approximate surface area is 77.4 Å². The van der Waals surface area contributed by atoms with Crippen LogP contribution in [-0.4, -0.2) is 4.98 Å². The van der Waals surface area contributed by atoms with Gasteiger partial charge in [0.2, 0.25) is 0 Å². The molecule has 0 atom stereocenters.